The van der Waals surface area contributed by atoms with Crippen LogP contribution in [0.15, 0.2) is 0 Å². The molecule has 0 amide bonds. The molecule has 1 fully saturated rings. The molecule has 0 aromatic rings. The molecule has 0 radical (unpaired) electrons. The fourth-order valence-corrected chi connectivity index (χ4v) is 1.03. The molecule has 0 aliphatic carbocycles. The summed E-state index contributed by atoms with van der Waals surface area (Å²) in [6.07, 6.45) is -5.99. The third kappa shape index (κ3) is 1.52. The van der Waals surface area contributed by atoms with Crippen LogP contribution in [0.2, 0.25) is 0 Å². The third-order valence-electron chi connectivity index (χ3n) is 1.83. The van der Waals surface area contributed by atoms with Crippen LogP contribution in [0.3, 0.4) is 0 Å². The molecule has 0 aromatic heterocycles. The van der Waals surface area contributed by atoms with Gasteiger partial charge in [-0.15, -0.1) is 0 Å². The SMILES string of the molecule is CC1OC(O)[C@@H](O)C(O)C1O. The Kier molecular flexibility index (Phi) is 2.46. The molecule has 66 valence electrons. The summed E-state index contributed by atoms with van der Waals surface area (Å²) < 4.78 is 4.68. The highest BCUT2D eigenvalue weighted by Crippen LogP contribution is 2.18. The van der Waals surface area contributed by atoms with Crippen molar-refractivity contribution in [2.75, 3.05) is 0 Å². The van der Waals surface area contributed by atoms with Crippen LogP contribution in [0.4, 0.5) is 0 Å². The van der Waals surface area contributed by atoms with Crippen molar-refractivity contribution in [3.63, 3.8) is 0 Å². The van der Waals surface area contributed by atoms with Gasteiger partial charge in [-0.05, 0) is 6.92 Å². The molecule has 1 heterocycles. The van der Waals surface area contributed by atoms with Gasteiger partial charge in [0.25, 0.3) is 0 Å². The van der Waals surface area contributed by atoms with Crippen LogP contribution >= 0.6 is 0 Å². The maximum absolute atomic E-state index is 9.09. The summed E-state index contributed by atoms with van der Waals surface area (Å²) in [6.45, 7) is 1.50. The van der Waals surface area contributed by atoms with Crippen molar-refractivity contribution >= 4 is 0 Å². The van der Waals surface area contributed by atoms with Crippen LogP contribution in [0, 0.1) is 0 Å². The minimum Gasteiger partial charge on any atom is -0.388 e. The van der Waals surface area contributed by atoms with E-state index in [4.69, 9.17) is 20.4 Å². The zero-order valence-electron chi connectivity index (χ0n) is 6.08. The van der Waals surface area contributed by atoms with Crippen LogP contribution in [0.25, 0.3) is 0 Å². The van der Waals surface area contributed by atoms with Crippen LogP contribution < -0.4 is 0 Å². The summed E-state index contributed by atoms with van der Waals surface area (Å²) >= 11 is 0. The zero-order valence-corrected chi connectivity index (χ0v) is 6.08. The van der Waals surface area contributed by atoms with Crippen molar-refractivity contribution in [2.24, 2.45) is 0 Å². The largest absolute Gasteiger partial charge is 0.388 e. The van der Waals surface area contributed by atoms with E-state index in [0.29, 0.717) is 0 Å². The summed E-state index contributed by atoms with van der Waals surface area (Å²) in [7, 11) is 0. The predicted molar refractivity (Wildman–Crippen MR) is 34.6 cm³/mol. The average molecular weight is 164 g/mol. The molecule has 11 heavy (non-hydrogen) atoms. The number of rotatable bonds is 0. The van der Waals surface area contributed by atoms with E-state index < -0.39 is 30.7 Å². The van der Waals surface area contributed by atoms with Gasteiger partial charge in [0.15, 0.2) is 6.29 Å². The second kappa shape index (κ2) is 3.04. The standard InChI is InChI=1S/C6H12O5/c1-2-3(7)4(8)5(9)6(10)11-2/h2-10H,1H3/t2?,3?,4?,5-,6?/m0/s1. The smallest absolute Gasteiger partial charge is 0.183 e. The van der Waals surface area contributed by atoms with Gasteiger partial charge in [-0.2, -0.15) is 0 Å². The Labute approximate surface area is 63.8 Å². The van der Waals surface area contributed by atoms with Gasteiger partial charge >= 0.3 is 0 Å². The van der Waals surface area contributed by atoms with E-state index in [2.05, 4.69) is 4.74 Å². The monoisotopic (exact) mass is 164 g/mol. The summed E-state index contributed by atoms with van der Waals surface area (Å²) in [5.41, 5.74) is 0. The molecule has 0 spiro atoms. The molecule has 5 heteroatoms. The molecule has 4 unspecified atom stereocenters. The normalized spacial score (nSPS) is 52.6. The molecule has 4 N–H and O–H groups in total. The molecule has 0 aromatic carbocycles. The summed E-state index contributed by atoms with van der Waals surface area (Å²) in [5, 5.41) is 36.0. The van der Waals surface area contributed by atoms with E-state index in [1.807, 2.05) is 0 Å². The minimum atomic E-state index is -1.43. The Bertz CT molecular complexity index is 125. The second-order valence-electron chi connectivity index (χ2n) is 2.70. The van der Waals surface area contributed by atoms with Gasteiger partial charge in [-0.1, -0.05) is 0 Å². The maximum Gasteiger partial charge on any atom is 0.183 e. The van der Waals surface area contributed by atoms with Gasteiger partial charge in [0.1, 0.15) is 18.3 Å². The lowest BCUT2D eigenvalue weighted by Crippen LogP contribution is -2.56. The van der Waals surface area contributed by atoms with Crippen molar-refractivity contribution in [3.8, 4) is 0 Å². The molecular formula is C6H12O5. The lowest BCUT2D eigenvalue weighted by Gasteiger charge is -2.36. The van der Waals surface area contributed by atoms with Crippen molar-refractivity contribution < 1.29 is 25.2 Å². The molecule has 0 bridgehead atoms. The van der Waals surface area contributed by atoms with Crippen LogP contribution in [0.5, 0.6) is 0 Å². The van der Waals surface area contributed by atoms with Crippen molar-refractivity contribution in [1.29, 1.82) is 0 Å². The molecular weight excluding hydrogens is 152 g/mol. The van der Waals surface area contributed by atoms with Gasteiger partial charge in [0.05, 0.1) is 6.10 Å². The lowest BCUT2D eigenvalue weighted by atomic mass is 10.0. The fraction of sp³-hybridized carbons (Fsp3) is 1.00. The lowest BCUT2D eigenvalue weighted by molar-refractivity contribution is -0.277. The Hall–Kier alpha value is -0.200. The average Bonchev–Trinajstić information content (AvgIpc) is 1.97. The third-order valence-corrected chi connectivity index (χ3v) is 1.83. The first kappa shape index (κ1) is 8.89. The Morgan fingerprint density at radius 3 is 2.00 bits per heavy atom. The highest BCUT2D eigenvalue weighted by Gasteiger charge is 2.40. The highest BCUT2D eigenvalue weighted by atomic mass is 16.6. The van der Waals surface area contributed by atoms with E-state index in [1.54, 1.807) is 0 Å². The van der Waals surface area contributed by atoms with Crippen molar-refractivity contribution in [3.05, 3.63) is 0 Å². The number of aliphatic hydroxyl groups is 4. The van der Waals surface area contributed by atoms with Crippen LogP contribution in [0.1, 0.15) is 6.92 Å². The van der Waals surface area contributed by atoms with Gasteiger partial charge < -0.3 is 25.2 Å². The number of aliphatic hydroxyl groups excluding tert-OH is 4. The summed E-state index contributed by atoms with van der Waals surface area (Å²) in [4.78, 5) is 0. The second-order valence-corrected chi connectivity index (χ2v) is 2.70. The summed E-state index contributed by atoms with van der Waals surface area (Å²) in [6, 6.07) is 0. The van der Waals surface area contributed by atoms with Gasteiger partial charge in [-0.25, -0.2) is 0 Å². The maximum atomic E-state index is 9.09. The predicted octanol–water partition coefficient (Wildman–Crippen LogP) is -2.19. The Morgan fingerprint density at radius 1 is 0.909 bits per heavy atom. The van der Waals surface area contributed by atoms with E-state index >= 15 is 0 Å². The fourth-order valence-electron chi connectivity index (χ4n) is 1.03. The topological polar surface area (TPSA) is 90.2 Å². The van der Waals surface area contributed by atoms with Crippen LogP contribution in [-0.2, 0) is 4.74 Å². The van der Waals surface area contributed by atoms with Crippen molar-refractivity contribution in [2.45, 2.75) is 37.6 Å². The Morgan fingerprint density at radius 2 is 1.45 bits per heavy atom. The minimum absolute atomic E-state index is 0.664. The van der Waals surface area contributed by atoms with Gasteiger partial charge in [0.2, 0.25) is 0 Å². The zero-order chi connectivity index (χ0) is 8.59. The first-order valence-electron chi connectivity index (χ1n) is 3.41. The molecule has 5 atom stereocenters. The molecule has 1 aliphatic rings. The molecule has 1 saturated heterocycles. The first-order chi connectivity index (χ1) is 5.04. The molecule has 0 saturated carbocycles. The highest BCUT2D eigenvalue weighted by molar-refractivity contribution is 4.86. The Balaban J connectivity index is 2.63. The molecule has 5 nitrogen and oxygen atoms in total. The van der Waals surface area contributed by atoms with E-state index in [9.17, 15) is 0 Å². The number of ether oxygens (including phenoxy) is 1. The van der Waals surface area contributed by atoms with E-state index in [-0.39, 0.29) is 0 Å². The molecule has 1 aliphatic heterocycles. The molecule has 1 rings (SSSR count). The van der Waals surface area contributed by atoms with Crippen molar-refractivity contribution in [1.82, 2.24) is 0 Å². The first-order valence-corrected chi connectivity index (χ1v) is 3.41. The summed E-state index contributed by atoms with van der Waals surface area (Å²) in [5.74, 6) is 0. The van der Waals surface area contributed by atoms with E-state index in [1.165, 1.54) is 6.92 Å². The van der Waals surface area contributed by atoms with Crippen LogP contribution in [-0.4, -0.2) is 51.1 Å². The quantitative estimate of drug-likeness (QED) is 0.326. The van der Waals surface area contributed by atoms with E-state index in [0.717, 1.165) is 0 Å². The van der Waals surface area contributed by atoms with Gasteiger partial charge in [0, 0.05) is 0 Å². The van der Waals surface area contributed by atoms with Gasteiger partial charge in [-0.3, -0.25) is 0 Å². The number of hydrogen-bond donors (Lipinski definition) is 4. The number of hydrogen-bond acceptors (Lipinski definition) is 5.